The van der Waals surface area contributed by atoms with E-state index >= 15 is 0 Å². The maximum atomic E-state index is 11.7. The van der Waals surface area contributed by atoms with Gasteiger partial charge in [0.2, 0.25) is 0 Å². The van der Waals surface area contributed by atoms with E-state index in [1.165, 1.54) is 6.07 Å². The summed E-state index contributed by atoms with van der Waals surface area (Å²) in [6, 6.07) is 14.5. The molecule has 0 unspecified atom stereocenters. The molecule has 0 bridgehead atoms. The maximum absolute atomic E-state index is 11.7. The zero-order valence-electron chi connectivity index (χ0n) is 12.7. The largest absolute Gasteiger partial charge is 0.513 e. The Labute approximate surface area is 145 Å². The predicted octanol–water partition coefficient (Wildman–Crippen LogP) is 5.04. The average Bonchev–Trinajstić information content (AvgIpc) is 2.56. The molecule has 6 heteroatoms. The number of nitrogens with zero attached hydrogens (tertiary/aromatic N) is 1. The van der Waals surface area contributed by atoms with E-state index in [1.807, 2.05) is 37.3 Å². The molecule has 2 aromatic carbocycles. The Hall–Kier alpha value is -1.91. The van der Waals surface area contributed by atoms with Gasteiger partial charge in [-0.15, -0.1) is 0 Å². The molecular weight excluding hydrogens is 337 g/mol. The molecule has 4 nitrogen and oxygen atoms in total. The van der Waals surface area contributed by atoms with Crippen LogP contribution in [-0.4, -0.2) is 25.9 Å². The summed E-state index contributed by atoms with van der Waals surface area (Å²) in [5.74, 6) is 0.180. The first kappa shape index (κ1) is 17.4. The maximum Gasteiger partial charge on any atom is 0.513 e. The minimum atomic E-state index is -0.807. The molecule has 2 aromatic rings. The van der Waals surface area contributed by atoms with Gasteiger partial charge in [0.15, 0.2) is 5.75 Å². The Morgan fingerprint density at radius 3 is 2.57 bits per heavy atom. The molecule has 0 aliphatic heterocycles. The smallest absolute Gasteiger partial charge is 0.432 e. The molecular formula is C17H17Cl2NO3. The lowest BCUT2D eigenvalue weighted by atomic mass is 10.3. The van der Waals surface area contributed by atoms with E-state index in [1.54, 1.807) is 12.1 Å². The molecule has 0 aliphatic rings. The number of ether oxygens (including phenoxy) is 2. The lowest BCUT2D eigenvalue weighted by Gasteiger charge is -2.22. The van der Waals surface area contributed by atoms with Crippen molar-refractivity contribution in [2.45, 2.75) is 6.92 Å². The van der Waals surface area contributed by atoms with Crippen molar-refractivity contribution >= 4 is 35.0 Å². The molecule has 0 fully saturated rings. The summed E-state index contributed by atoms with van der Waals surface area (Å²) in [5, 5.41) is 0.726. The molecule has 0 spiro atoms. The van der Waals surface area contributed by atoms with Crippen LogP contribution >= 0.6 is 23.2 Å². The predicted molar refractivity (Wildman–Crippen MR) is 92.8 cm³/mol. The highest BCUT2D eigenvalue weighted by Crippen LogP contribution is 2.27. The number of hydrogen-bond acceptors (Lipinski definition) is 4. The summed E-state index contributed by atoms with van der Waals surface area (Å²) in [5.41, 5.74) is 1.07. The molecule has 0 radical (unpaired) electrons. The highest BCUT2D eigenvalue weighted by atomic mass is 35.5. The van der Waals surface area contributed by atoms with E-state index in [2.05, 4.69) is 4.90 Å². The number of hydrogen-bond donors (Lipinski definition) is 0. The highest BCUT2D eigenvalue weighted by Gasteiger charge is 2.11. The molecule has 0 saturated carbocycles. The fourth-order valence-electron chi connectivity index (χ4n) is 2.02. The molecule has 122 valence electrons. The van der Waals surface area contributed by atoms with E-state index in [0.29, 0.717) is 16.6 Å². The minimum absolute atomic E-state index is 0.180. The van der Waals surface area contributed by atoms with Crippen molar-refractivity contribution in [3.63, 3.8) is 0 Å². The number of carbonyl (C=O) groups excluding carboxylic acids is 1. The lowest BCUT2D eigenvalue weighted by Crippen LogP contribution is -2.28. The summed E-state index contributed by atoms with van der Waals surface area (Å²) in [4.78, 5) is 13.8. The standard InChI is InChI=1S/C17H17Cl2NO3/c1-2-20(14-6-4-3-5-7-14)10-11-22-17(21)23-16-12-13(18)8-9-15(16)19/h3-9,12H,2,10-11H2,1H3. The van der Waals surface area contributed by atoms with Gasteiger partial charge in [0.25, 0.3) is 0 Å². The first-order valence-electron chi connectivity index (χ1n) is 7.20. The van der Waals surface area contributed by atoms with Crippen LogP contribution in [-0.2, 0) is 4.74 Å². The average molecular weight is 354 g/mol. The SMILES string of the molecule is CCN(CCOC(=O)Oc1cc(Cl)ccc1Cl)c1ccccc1. The zero-order valence-corrected chi connectivity index (χ0v) is 14.2. The summed E-state index contributed by atoms with van der Waals surface area (Å²) < 4.78 is 10.1. The molecule has 0 heterocycles. The van der Waals surface area contributed by atoms with Gasteiger partial charge in [-0.3, -0.25) is 0 Å². The molecule has 0 aromatic heterocycles. The van der Waals surface area contributed by atoms with Crippen molar-refractivity contribution in [3.8, 4) is 5.75 Å². The number of rotatable bonds is 6. The molecule has 0 N–H and O–H groups in total. The van der Waals surface area contributed by atoms with Gasteiger partial charge < -0.3 is 14.4 Å². The van der Waals surface area contributed by atoms with Gasteiger partial charge in [0.05, 0.1) is 11.6 Å². The summed E-state index contributed by atoms with van der Waals surface area (Å²) in [6.07, 6.45) is -0.807. The Bertz CT molecular complexity index is 650. The van der Waals surface area contributed by atoms with Crippen LogP contribution in [0.2, 0.25) is 10.0 Å². The Morgan fingerprint density at radius 2 is 1.87 bits per heavy atom. The Balaban J connectivity index is 1.83. The number of likely N-dealkylation sites (N-methyl/N-ethyl adjacent to an activating group) is 1. The van der Waals surface area contributed by atoms with Crippen molar-refractivity contribution in [3.05, 3.63) is 58.6 Å². The van der Waals surface area contributed by atoms with E-state index in [0.717, 1.165) is 12.2 Å². The highest BCUT2D eigenvalue weighted by molar-refractivity contribution is 6.34. The summed E-state index contributed by atoms with van der Waals surface area (Å²) in [6.45, 7) is 3.62. The van der Waals surface area contributed by atoms with Gasteiger partial charge >= 0.3 is 6.16 Å². The third kappa shape index (κ3) is 5.34. The van der Waals surface area contributed by atoms with Crippen molar-refractivity contribution in [1.29, 1.82) is 0 Å². The Morgan fingerprint density at radius 1 is 1.13 bits per heavy atom. The second kappa shape index (κ2) is 8.65. The minimum Gasteiger partial charge on any atom is -0.432 e. The van der Waals surface area contributed by atoms with Crippen LogP contribution in [0.4, 0.5) is 10.5 Å². The molecule has 23 heavy (non-hydrogen) atoms. The van der Waals surface area contributed by atoms with E-state index in [-0.39, 0.29) is 12.4 Å². The second-order valence-corrected chi connectivity index (χ2v) is 5.53. The van der Waals surface area contributed by atoms with Crippen molar-refractivity contribution in [1.82, 2.24) is 0 Å². The summed E-state index contributed by atoms with van der Waals surface area (Å²) in [7, 11) is 0. The van der Waals surface area contributed by atoms with Gasteiger partial charge in [-0.2, -0.15) is 0 Å². The van der Waals surface area contributed by atoms with Gasteiger partial charge in [0.1, 0.15) is 6.61 Å². The van der Waals surface area contributed by atoms with E-state index in [4.69, 9.17) is 32.7 Å². The topological polar surface area (TPSA) is 38.8 Å². The van der Waals surface area contributed by atoms with Crippen LogP contribution in [0.5, 0.6) is 5.75 Å². The fraction of sp³-hybridized carbons (Fsp3) is 0.235. The summed E-state index contributed by atoms with van der Waals surface area (Å²) >= 11 is 11.8. The molecule has 0 aliphatic carbocycles. The van der Waals surface area contributed by atoms with Crippen LogP contribution in [0.25, 0.3) is 0 Å². The molecule has 2 rings (SSSR count). The number of halogens is 2. The van der Waals surface area contributed by atoms with Crippen LogP contribution in [0.1, 0.15) is 6.92 Å². The van der Waals surface area contributed by atoms with E-state index in [9.17, 15) is 4.79 Å². The number of anilines is 1. The van der Waals surface area contributed by atoms with Crippen molar-refractivity contribution in [2.75, 3.05) is 24.6 Å². The Kier molecular flexibility index (Phi) is 6.56. The van der Waals surface area contributed by atoms with Crippen LogP contribution in [0, 0.1) is 0 Å². The first-order chi connectivity index (χ1) is 11.1. The van der Waals surface area contributed by atoms with Crippen molar-refractivity contribution < 1.29 is 14.3 Å². The molecule has 0 atom stereocenters. The third-order valence-electron chi connectivity index (χ3n) is 3.17. The van der Waals surface area contributed by atoms with Crippen LogP contribution in [0.3, 0.4) is 0 Å². The first-order valence-corrected chi connectivity index (χ1v) is 7.95. The van der Waals surface area contributed by atoms with Crippen LogP contribution < -0.4 is 9.64 Å². The third-order valence-corrected chi connectivity index (χ3v) is 3.72. The normalized spacial score (nSPS) is 10.2. The van der Waals surface area contributed by atoms with E-state index < -0.39 is 6.16 Å². The van der Waals surface area contributed by atoms with Gasteiger partial charge in [-0.25, -0.2) is 4.79 Å². The number of carbonyl (C=O) groups is 1. The van der Waals surface area contributed by atoms with Crippen LogP contribution in [0.15, 0.2) is 48.5 Å². The van der Waals surface area contributed by atoms with Crippen molar-refractivity contribution in [2.24, 2.45) is 0 Å². The quantitative estimate of drug-likeness (QED) is 0.538. The monoisotopic (exact) mass is 353 g/mol. The zero-order chi connectivity index (χ0) is 16.7. The van der Waals surface area contributed by atoms with Gasteiger partial charge in [0, 0.05) is 23.3 Å². The number of para-hydroxylation sites is 1. The fourth-order valence-corrected chi connectivity index (χ4v) is 2.34. The molecule has 0 saturated heterocycles. The number of benzene rings is 2. The second-order valence-electron chi connectivity index (χ2n) is 4.69. The van der Waals surface area contributed by atoms with Gasteiger partial charge in [-0.1, -0.05) is 41.4 Å². The molecule has 0 amide bonds. The lowest BCUT2D eigenvalue weighted by molar-refractivity contribution is 0.101. The van der Waals surface area contributed by atoms with Gasteiger partial charge in [-0.05, 0) is 31.2 Å².